The van der Waals surface area contributed by atoms with Gasteiger partial charge in [-0.05, 0) is 24.2 Å². The minimum absolute atomic E-state index is 0.0494. The Morgan fingerprint density at radius 2 is 2.18 bits per heavy atom. The Labute approximate surface area is 108 Å². The van der Waals surface area contributed by atoms with Crippen LogP contribution < -0.4 is 5.32 Å². The summed E-state index contributed by atoms with van der Waals surface area (Å²) in [4.78, 5) is 11.6. The number of hydrogen-bond acceptors (Lipinski definition) is 4. The summed E-state index contributed by atoms with van der Waals surface area (Å²) in [5, 5.41) is 9.71. The number of anilines is 1. The summed E-state index contributed by atoms with van der Waals surface area (Å²) >= 11 is 6.13. The number of rotatable bonds is 4. The topological polar surface area (TPSA) is 57.8 Å². The zero-order valence-electron chi connectivity index (χ0n) is 8.97. The van der Waals surface area contributed by atoms with Gasteiger partial charge in [-0.15, -0.1) is 5.10 Å². The summed E-state index contributed by atoms with van der Waals surface area (Å²) in [7, 11) is 0. The van der Waals surface area contributed by atoms with Gasteiger partial charge in [0.15, 0.2) is 3.95 Å². The highest BCUT2D eigenvalue weighted by Gasteiger charge is 2.05. The Kier molecular flexibility index (Phi) is 4.00. The van der Waals surface area contributed by atoms with E-state index in [-0.39, 0.29) is 5.91 Å². The molecule has 2 N–H and O–H groups in total. The van der Waals surface area contributed by atoms with Crippen molar-refractivity contribution in [1.29, 1.82) is 0 Å². The quantitative estimate of drug-likeness (QED) is 0.836. The van der Waals surface area contributed by atoms with Gasteiger partial charge in [0, 0.05) is 6.42 Å². The van der Waals surface area contributed by atoms with Crippen LogP contribution in [0.4, 0.5) is 5.13 Å². The molecule has 1 aromatic carbocycles. The molecule has 0 atom stereocenters. The van der Waals surface area contributed by atoms with E-state index in [2.05, 4.69) is 15.5 Å². The van der Waals surface area contributed by atoms with Crippen molar-refractivity contribution in [2.75, 3.05) is 5.32 Å². The molecule has 0 unspecified atom stereocenters. The molecule has 0 aliphatic carbocycles. The number of aryl methyl sites for hydroxylation is 1. The highest BCUT2D eigenvalue weighted by atomic mass is 32.1. The van der Waals surface area contributed by atoms with Crippen molar-refractivity contribution < 1.29 is 4.79 Å². The molecule has 0 aliphatic rings. The molecule has 0 aliphatic heterocycles. The fraction of sp³-hybridized carbons (Fsp3) is 0.182. The summed E-state index contributed by atoms with van der Waals surface area (Å²) in [5.74, 6) is -0.0494. The van der Waals surface area contributed by atoms with E-state index in [1.807, 2.05) is 30.3 Å². The maximum Gasteiger partial charge on any atom is 0.226 e. The van der Waals surface area contributed by atoms with Crippen LogP contribution >= 0.6 is 23.6 Å². The van der Waals surface area contributed by atoms with Crippen LogP contribution in [-0.2, 0) is 11.2 Å². The molecule has 0 radical (unpaired) electrons. The second kappa shape index (κ2) is 5.70. The van der Waals surface area contributed by atoms with Gasteiger partial charge in [-0.2, -0.15) is 0 Å². The molecule has 1 amide bonds. The van der Waals surface area contributed by atoms with E-state index in [9.17, 15) is 4.79 Å². The fourth-order valence-electron chi connectivity index (χ4n) is 1.37. The number of carbonyl (C=O) groups is 1. The first-order valence-electron chi connectivity index (χ1n) is 5.13. The van der Waals surface area contributed by atoms with E-state index in [1.54, 1.807) is 0 Å². The van der Waals surface area contributed by atoms with Gasteiger partial charge in [0.2, 0.25) is 11.0 Å². The summed E-state index contributed by atoms with van der Waals surface area (Å²) in [5.41, 5.74) is 1.15. The van der Waals surface area contributed by atoms with Gasteiger partial charge in [-0.25, -0.2) is 0 Å². The average molecular weight is 265 g/mol. The summed E-state index contributed by atoms with van der Waals surface area (Å²) < 4.78 is 0.559. The number of H-pyrrole nitrogens is 1. The molecule has 17 heavy (non-hydrogen) atoms. The van der Waals surface area contributed by atoms with Crippen molar-refractivity contribution >= 4 is 34.6 Å². The summed E-state index contributed by atoms with van der Waals surface area (Å²) in [6.45, 7) is 0. The largest absolute Gasteiger partial charge is 0.301 e. The van der Waals surface area contributed by atoms with Crippen LogP contribution in [0.5, 0.6) is 0 Å². The third kappa shape index (κ3) is 3.76. The number of carbonyl (C=O) groups excluding carboxylic acids is 1. The van der Waals surface area contributed by atoms with Gasteiger partial charge in [0.25, 0.3) is 0 Å². The number of hydrogen-bond donors (Lipinski definition) is 2. The van der Waals surface area contributed by atoms with Gasteiger partial charge >= 0.3 is 0 Å². The van der Waals surface area contributed by atoms with Crippen molar-refractivity contribution in [3.63, 3.8) is 0 Å². The number of aromatic amines is 1. The van der Waals surface area contributed by atoms with Crippen LogP contribution in [0.3, 0.4) is 0 Å². The average Bonchev–Trinajstić information content (AvgIpc) is 2.73. The number of amides is 1. The molecule has 0 spiro atoms. The molecule has 4 nitrogen and oxygen atoms in total. The standard InChI is InChI=1S/C11H11N3OS2/c15-9(12-10-13-14-11(16)17-10)7-6-8-4-2-1-3-5-8/h1-5H,6-7H2,(H,14,16)(H,12,13,15). The monoisotopic (exact) mass is 265 g/mol. The molecule has 1 aromatic heterocycles. The van der Waals surface area contributed by atoms with Gasteiger partial charge in [-0.1, -0.05) is 41.7 Å². The summed E-state index contributed by atoms with van der Waals surface area (Å²) in [6.07, 6.45) is 1.17. The van der Waals surface area contributed by atoms with Crippen LogP contribution in [0.2, 0.25) is 0 Å². The van der Waals surface area contributed by atoms with E-state index < -0.39 is 0 Å². The summed E-state index contributed by atoms with van der Waals surface area (Å²) in [6, 6.07) is 9.90. The van der Waals surface area contributed by atoms with Gasteiger partial charge in [-0.3, -0.25) is 9.89 Å². The van der Waals surface area contributed by atoms with Gasteiger partial charge in [0.05, 0.1) is 0 Å². The van der Waals surface area contributed by atoms with Crippen molar-refractivity contribution in [1.82, 2.24) is 10.2 Å². The highest BCUT2D eigenvalue weighted by molar-refractivity contribution is 7.73. The molecule has 1 heterocycles. The minimum Gasteiger partial charge on any atom is -0.301 e. The fourth-order valence-corrected chi connectivity index (χ4v) is 2.17. The predicted octanol–water partition coefficient (Wildman–Crippen LogP) is 2.77. The molecule has 0 bridgehead atoms. The van der Waals surface area contributed by atoms with Gasteiger partial charge in [0.1, 0.15) is 0 Å². The zero-order valence-corrected chi connectivity index (χ0v) is 10.6. The molecular formula is C11H11N3OS2. The van der Waals surface area contributed by atoms with Crippen LogP contribution in [0.15, 0.2) is 30.3 Å². The van der Waals surface area contributed by atoms with Gasteiger partial charge < -0.3 is 5.32 Å². The smallest absolute Gasteiger partial charge is 0.226 e. The first kappa shape index (κ1) is 11.9. The van der Waals surface area contributed by atoms with E-state index in [1.165, 1.54) is 11.3 Å². The van der Waals surface area contributed by atoms with Crippen LogP contribution in [0.25, 0.3) is 0 Å². The molecule has 0 saturated heterocycles. The lowest BCUT2D eigenvalue weighted by atomic mass is 10.1. The maximum atomic E-state index is 11.6. The van der Waals surface area contributed by atoms with Crippen LogP contribution in [0.1, 0.15) is 12.0 Å². The van der Waals surface area contributed by atoms with E-state index in [4.69, 9.17) is 12.2 Å². The first-order chi connectivity index (χ1) is 8.24. The van der Waals surface area contributed by atoms with Crippen LogP contribution in [-0.4, -0.2) is 16.1 Å². The van der Waals surface area contributed by atoms with Crippen molar-refractivity contribution in [2.45, 2.75) is 12.8 Å². The lowest BCUT2D eigenvalue weighted by molar-refractivity contribution is -0.116. The third-order valence-electron chi connectivity index (χ3n) is 2.17. The molecule has 2 rings (SSSR count). The molecular weight excluding hydrogens is 254 g/mol. The molecule has 0 fully saturated rings. The maximum absolute atomic E-state index is 11.6. The van der Waals surface area contributed by atoms with Crippen LogP contribution in [0, 0.1) is 3.95 Å². The second-order valence-corrected chi connectivity index (χ2v) is 5.12. The Bertz CT molecular complexity index is 547. The van der Waals surface area contributed by atoms with Crippen molar-refractivity contribution in [3.8, 4) is 0 Å². The molecule has 88 valence electrons. The lowest BCUT2D eigenvalue weighted by Crippen LogP contribution is -2.12. The van der Waals surface area contributed by atoms with Crippen molar-refractivity contribution in [2.24, 2.45) is 0 Å². The third-order valence-corrected chi connectivity index (χ3v) is 3.17. The Hall–Kier alpha value is -1.53. The Balaban J connectivity index is 1.84. The highest BCUT2D eigenvalue weighted by Crippen LogP contribution is 2.11. The van der Waals surface area contributed by atoms with E-state index in [0.717, 1.165) is 12.0 Å². The van der Waals surface area contributed by atoms with E-state index in [0.29, 0.717) is 15.5 Å². The predicted molar refractivity (Wildman–Crippen MR) is 70.7 cm³/mol. The lowest BCUT2D eigenvalue weighted by Gasteiger charge is -2.01. The molecule has 6 heteroatoms. The second-order valence-electron chi connectivity index (χ2n) is 3.45. The normalized spacial score (nSPS) is 10.1. The number of aromatic nitrogens is 2. The Morgan fingerprint density at radius 3 is 2.82 bits per heavy atom. The number of benzene rings is 1. The minimum atomic E-state index is -0.0494. The van der Waals surface area contributed by atoms with E-state index >= 15 is 0 Å². The Morgan fingerprint density at radius 1 is 1.41 bits per heavy atom. The molecule has 2 aromatic rings. The first-order valence-corrected chi connectivity index (χ1v) is 6.36. The zero-order chi connectivity index (χ0) is 12.1. The van der Waals surface area contributed by atoms with Crippen molar-refractivity contribution in [3.05, 3.63) is 39.8 Å². The SMILES string of the molecule is O=C(CCc1ccccc1)Nc1n[nH]c(=S)s1. The molecule has 0 saturated carbocycles. The number of nitrogens with zero attached hydrogens (tertiary/aromatic N) is 1. The number of nitrogens with one attached hydrogen (secondary N) is 2.